The molecule has 0 aliphatic heterocycles. The van der Waals surface area contributed by atoms with Gasteiger partial charge in [0.05, 0.1) is 6.54 Å². The number of halogens is 2. The van der Waals surface area contributed by atoms with Crippen LogP contribution in [0, 0.1) is 0 Å². The number of carbonyl (C=O) groups excluding carboxylic acids is 1. The van der Waals surface area contributed by atoms with E-state index in [0.29, 0.717) is 4.57 Å². The van der Waals surface area contributed by atoms with E-state index in [1.807, 2.05) is 0 Å². The Labute approximate surface area is 79.2 Å². The van der Waals surface area contributed by atoms with Crippen LogP contribution in [0.5, 0.6) is 0 Å². The van der Waals surface area contributed by atoms with Gasteiger partial charge in [-0.05, 0) is 6.08 Å². The second-order valence-corrected chi connectivity index (χ2v) is 2.45. The molecule has 0 unspecified atom stereocenters. The largest absolute Gasteiger partial charge is 0.345 e. The van der Waals surface area contributed by atoms with Crippen molar-refractivity contribution in [2.24, 2.45) is 0 Å². The maximum Gasteiger partial charge on any atom is 0.319 e. The Hall–Kier alpha value is -1.72. The summed E-state index contributed by atoms with van der Waals surface area (Å²) in [7, 11) is 0. The van der Waals surface area contributed by atoms with Crippen molar-refractivity contribution < 1.29 is 13.6 Å². The van der Waals surface area contributed by atoms with Crippen molar-refractivity contribution in [1.29, 1.82) is 0 Å². The van der Waals surface area contributed by atoms with Crippen molar-refractivity contribution in [3.8, 4) is 0 Å². The molecule has 0 aromatic carbocycles. The van der Waals surface area contributed by atoms with E-state index >= 15 is 0 Å². The van der Waals surface area contributed by atoms with Crippen molar-refractivity contribution >= 4 is 5.91 Å². The minimum absolute atomic E-state index is 0.0395. The van der Waals surface area contributed by atoms with E-state index in [1.165, 1.54) is 6.20 Å². The first-order valence-electron chi connectivity index (χ1n) is 3.85. The van der Waals surface area contributed by atoms with Crippen LogP contribution in [0.15, 0.2) is 25.0 Å². The van der Waals surface area contributed by atoms with Crippen molar-refractivity contribution in [3.63, 3.8) is 0 Å². The number of imidazole rings is 1. The number of aromatic nitrogens is 2. The molecule has 0 aliphatic carbocycles. The predicted molar refractivity (Wildman–Crippen MR) is 45.5 cm³/mol. The number of alkyl halides is 2. The molecular weight excluding hydrogens is 192 g/mol. The Kier molecular flexibility index (Phi) is 3.33. The van der Waals surface area contributed by atoms with Gasteiger partial charge in [-0.1, -0.05) is 6.58 Å². The van der Waals surface area contributed by atoms with Gasteiger partial charge in [0.1, 0.15) is 5.82 Å². The SMILES string of the molecule is C=CC(=O)NCc1nccn1C(F)F. The molecule has 0 atom stereocenters. The molecule has 0 saturated carbocycles. The number of rotatable bonds is 4. The Morgan fingerprint density at radius 1 is 1.79 bits per heavy atom. The molecular formula is C8H9F2N3O. The summed E-state index contributed by atoms with van der Waals surface area (Å²) < 4.78 is 25.2. The third-order valence-electron chi connectivity index (χ3n) is 1.57. The van der Waals surface area contributed by atoms with Gasteiger partial charge >= 0.3 is 6.55 Å². The number of amides is 1. The molecule has 1 aromatic heterocycles. The van der Waals surface area contributed by atoms with Crippen LogP contribution >= 0.6 is 0 Å². The third kappa shape index (κ3) is 2.38. The van der Waals surface area contributed by atoms with Gasteiger partial charge in [-0.3, -0.25) is 9.36 Å². The van der Waals surface area contributed by atoms with Gasteiger partial charge in [0.15, 0.2) is 0 Å². The summed E-state index contributed by atoms with van der Waals surface area (Å²) >= 11 is 0. The summed E-state index contributed by atoms with van der Waals surface area (Å²) in [6.07, 6.45) is 3.47. The number of nitrogens with one attached hydrogen (secondary N) is 1. The zero-order chi connectivity index (χ0) is 10.6. The fourth-order valence-corrected chi connectivity index (χ4v) is 0.897. The number of hydrogen-bond acceptors (Lipinski definition) is 2. The first kappa shape index (κ1) is 10.4. The normalized spacial score (nSPS) is 10.2. The Morgan fingerprint density at radius 2 is 2.50 bits per heavy atom. The van der Waals surface area contributed by atoms with Gasteiger partial charge < -0.3 is 5.32 Å². The highest BCUT2D eigenvalue weighted by atomic mass is 19.3. The number of hydrogen-bond donors (Lipinski definition) is 1. The molecule has 1 amide bonds. The van der Waals surface area contributed by atoms with Gasteiger partial charge in [0.25, 0.3) is 0 Å². The van der Waals surface area contributed by atoms with Crippen molar-refractivity contribution in [1.82, 2.24) is 14.9 Å². The maximum absolute atomic E-state index is 12.3. The summed E-state index contributed by atoms with van der Waals surface area (Å²) in [5.41, 5.74) is 0. The van der Waals surface area contributed by atoms with Crippen LogP contribution < -0.4 is 5.32 Å². The molecule has 6 heteroatoms. The predicted octanol–water partition coefficient (Wildman–Crippen LogP) is 1.08. The van der Waals surface area contributed by atoms with E-state index in [4.69, 9.17) is 0 Å². The molecule has 0 bridgehead atoms. The number of carbonyl (C=O) groups is 1. The molecule has 1 aromatic rings. The fraction of sp³-hybridized carbons (Fsp3) is 0.250. The summed E-state index contributed by atoms with van der Waals surface area (Å²) in [6.45, 7) is 0.546. The highest BCUT2D eigenvalue weighted by Gasteiger charge is 2.10. The molecule has 0 saturated heterocycles. The monoisotopic (exact) mass is 201 g/mol. The lowest BCUT2D eigenvalue weighted by Gasteiger charge is -2.06. The average Bonchev–Trinajstić information content (AvgIpc) is 2.62. The lowest BCUT2D eigenvalue weighted by atomic mass is 10.5. The topological polar surface area (TPSA) is 46.9 Å². The molecule has 0 radical (unpaired) electrons. The first-order valence-corrected chi connectivity index (χ1v) is 3.85. The van der Waals surface area contributed by atoms with Crippen LogP contribution in [0.1, 0.15) is 12.4 Å². The van der Waals surface area contributed by atoms with E-state index < -0.39 is 12.5 Å². The van der Waals surface area contributed by atoms with E-state index in [1.54, 1.807) is 0 Å². The van der Waals surface area contributed by atoms with Crippen LogP contribution in [0.3, 0.4) is 0 Å². The fourth-order valence-electron chi connectivity index (χ4n) is 0.897. The minimum Gasteiger partial charge on any atom is -0.345 e. The second-order valence-electron chi connectivity index (χ2n) is 2.45. The molecule has 0 fully saturated rings. The quantitative estimate of drug-likeness (QED) is 0.741. The number of nitrogens with zero attached hydrogens (tertiary/aromatic N) is 2. The molecule has 0 spiro atoms. The zero-order valence-corrected chi connectivity index (χ0v) is 7.28. The van der Waals surface area contributed by atoms with E-state index in [2.05, 4.69) is 16.9 Å². The van der Waals surface area contributed by atoms with Crippen LogP contribution in [0.25, 0.3) is 0 Å². The Morgan fingerprint density at radius 3 is 3.07 bits per heavy atom. The summed E-state index contributed by atoms with van der Waals surface area (Å²) in [4.78, 5) is 14.4. The molecule has 1 N–H and O–H groups in total. The van der Waals surface area contributed by atoms with Crippen molar-refractivity contribution in [2.75, 3.05) is 0 Å². The van der Waals surface area contributed by atoms with Crippen LogP contribution in [-0.4, -0.2) is 15.5 Å². The molecule has 4 nitrogen and oxygen atoms in total. The summed E-state index contributed by atoms with van der Waals surface area (Å²) in [5, 5.41) is 2.36. The zero-order valence-electron chi connectivity index (χ0n) is 7.28. The highest BCUT2D eigenvalue weighted by molar-refractivity contribution is 5.86. The van der Waals surface area contributed by atoms with Crippen molar-refractivity contribution in [2.45, 2.75) is 13.1 Å². The van der Waals surface area contributed by atoms with E-state index in [-0.39, 0.29) is 12.4 Å². The molecule has 0 aliphatic rings. The average molecular weight is 201 g/mol. The van der Waals surface area contributed by atoms with Crippen LogP contribution in [-0.2, 0) is 11.3 Å². The summed E-state index contributed by atoms with van der Waals surface area (Å²) in [6, 6.07) is 0. The Bertz CT molecular complexity index is 335. The molecule has 1 rings (SSSR count). The van der Waals surface area contributed by atoms with Crippen LogP contribution in [0.2, 0.25) is 0 Å². The minimum atomic E-state index is -2.65. The van der Waals surface area contributed by atoms with E-state index in [0.717, 1.165) is 12.3 Å². The van der Waals surface area contributed by atoms with Gasteiger partial charge in [-0.25, -0.2) is 4.98 Å². The lowest BCUT2D eigenvalue weighted by Crippen LogP contribution is -2.22. The van der Waals surface area contributed by atoms with Gasteiger partial charge in [0, 0.05) is 12.4 Å². The lowest BCUT2D eigenvalue weighted by molar-refractivity contribution is -0.116. The summed E-state index contributed by atoms with van der Waals surface area (Å²) in [5.74, 6) is -0.316. The molecule has 76 valence electrons. The van der Waals surface area contributed by atoms with Gasteiger partial charge in [-0.2, -0.15) is 8.78 Å². The smallest absolute Gasteiger partial charge is 0.319 e. The Balaban J connectivity index is 2.62. The second kappa shape index (κ2) is 4.50. The van der Waals surface area contributed by atoms with E-state index in [9.17, 15) is 13.6 Å². The van der Waals surface area contributed by atoms with Gasteiger partial charge in [-0.15, -0.1) is 0 Å². The van der Waals surface area contributed by atoms with Crippen LogP contribution in [0.4, 0.5) is 8.78 Å². The first-order chi connectivity index (χ1) is 6.65. The maximum atomic E-state index is 12.3. The molecule has 14 heavy (non-hydrogen) atoms. The molecule has 1 heterocycles. The highest BCUT2D eigenvalue weighted by Crippen LogP contribution is 2.11. The van der Waals surface area contributed by atoms with Crippen molar-refractivity contribution in [3.05, 3.63) is 30.9 Å². The standard InChI is InChI=1S/C8H9F2N3O/c1-2-7(14)12-5-6-11-3-4-13(6)8(9)10/h2-4,8H,1,5H2,(H,12,14). The third-order valence-corrected chi connectivity index (χ3v) is 1.57. The van der Waals surface area contributed by atoms with Gasteiger partial charge in [0.2, 0.25) is 5.91 Å².